The molecule has 6 nitrogen and oxygen atoms in total. The first-order valence-corrected chi connectivity index (χ1v) is 10.3. The van der Waals surface area contributed by atoms with E-state index in [-0.39, 0.29) is 16.7 Å². The Hall–Kier alpha value is -4.58. The van der Waals surface area contributed by atoms with Crippen LogP contribution in [-0.4, -0.2) is 50.0 Å². The van der Waals surface area contributed by atoms with E-state index < -0.39 is 17.9 Å². The fourth-order valence-electron chi connectivity index (χ4n) is 3.54. The minimum Gasteiger partial charge on any atom is -0.478 e. The summed E-state index contributed by atoms with van der Waals surface area (Å²) < 4.78 is 5.86. The Kier molecular flexibility index (Phi) is 7.43. The van der Waals surface area contributed by atoms with Crippen molar-refractivity contribution in [2.75, 3.05) is 0 Å². The minimum absolute atomic E-state index is 0.184. The molecule has 0 saturated heterocycles. The van der Waals surface area contributed by atoms with Crippen LogP contribution in [0.4, 0.5) is 0 Å². The van der Waals surface area contributed by atoms with E-state index in [1.165, 1.54) is 36.4 Å². The molecule has 0 aromatic heterocycles. The Balaban J connectivity index is 0.00000115. The third kappa shape index (κ3) is 5.86. The van der Waals surface area contributed by atoms with Gasteiger partial charge in [-0.2, -0.15) is 0 Å². The molecule has 169 valence electrons. The summed E-state index contributed by atoms with van der Waals surface area (Å²) in [5.74, 6) is -3.02. The summed E-state index contributed by atoms with van der Waals surface area (Å²) in [5.41, 5.74) is 5.50. The van der Waals surface area contributed by atoms with Crippen LogP contribution in [-0.2, 0) is 0 Å². The predicted octanol–water partition coefficient (Wildman–Crippen LogP) is 4.75. The SMILES string of the molecule is O=C(O)c1ccc(-c2cc(-c3ccc(C(=O)O)cc3)cc(-c3ccc(C(=O)O)cc3)c2)cc1.[3H][B][B]. The van der Waals surface area contributed by atoms with Crippen LogP contribution in [0.2, 0.25) is 0 Å². The van der Waals surface area contributed by atoms with Crippen LogP contribution >= 0.6 is 0 Å². The van der Waals surface area contributed by atoms with Crippen LogP contribution in [0.1, 0.15) is 31.1 Å². The number of aromatic carboxylic acids is 3. The Labute approximate surface area is 205 Å². The van der Waals surface area contributed by atoms with Crippen LogP contribution in [0.5, 0.6) is 0 Å². The number of carboxylic acids is 3. The summed E-state index contributed by atoms with van der Waals surface area (Å²) in [6.45, 7) is 0. The summed E-state index contributed by atoms with van der Waals surface area (Å²) in [7, 11) is 5.14. The van der Waals surface area contributed by atoms with Crippen molar-refractivity contribution in [2.45, 2.75) is 0 Å². The van der Waals surface area contributed by atoms with E-state index in [9.17, 15) is 29.7 Å². The third-order valence-corrected chi connectivity index (χ3v) is 5.33. The standard InChI is InChI=1S/C27H18O6.B2H/c28-25(29)19-7-1-16(2-8-19)22-13-23(17-3-9-20(10-4-17)26(30)31)15-24(14-22)18-5-11-21(12-6-18)27(32)33;1-2/h1-15H,(H,28,29)(H,30,31)(H,32,33);1H/i;1T. The molecule has 0 saturated carbocycles. The quantitative estimate of drug-likeness (QED) is 0.356. The zero-order valence-corrected chi connectivity index (χ0v) is 18.4. The number of hydrogen-bond acceptors (Lipinski definition) is 3. The van der Waals surface area contributed by atoms with E-state index in [4.69, 9.17) is 1.34 Å². The molecule has 35 heavy (non-hydrogen) atoms. The lowest BCUT2D eigenvalue weighted by Crippen LogP contribution is -1.96. The van der Waals surface area contributed by atoms with Crippen molar-refractivity contribution in [2.24, 2.45) is 0 Å². The molecule has 0 bridgehead atoms. The molecular formula is C27H19B2O6. The molecule has 0 unspecified atom stereocenters. The van der Waals surface area contributed by atoms with Crippen molar-refractivity contribution in [1.82, 2.24) is 0 Å². The zero-order valence-electron chi connectivity index (χ0n) is 19.4. The van der Waals surface area contributed by atoms with Gasteiger partial charge in [0, 0.05) is 15.4 Å². The molecule has 0 fully saturated rings. The molecule has 0 aliphatic heterocycles. The average Bonchev–Trinajstić information content (AvgIpc) is 2.89. The van der Waals surface area contributed by atoms with Gasteiger partial charge in [-0.1, -0.05) is 36.4 Å². The van der Waals surface area contributed by atoms with Gasteiger partial charge in [0.15, 0.2) is 0 Å². The molecule has 3 radical (unpaired) electrons. The highest BCUT2D eigenvalue weighted by Gasteiger charge is 2.11. The Morgan fingerprint density at radius 1 is 0.514 bits per heavy atom. The maximum Gasteiger partial charge on any atom is 0.335 e. The van der Waals surface area contributed by atoms with Gasteiger partial charge in [0.05, 0.1) is 16.7 Å². The van der Waals surface area contributed by atoms with Crippen LogP contribution in [0.25, 0.3) is 33.4 Å². The van der Waals surface area contributed by atoms with Gasteiger partial charge in [0.2, 0.25) is 0 Å². The van der Waals surface area contributed by atoms with Crippen LogP contribution in [0.3, 0.4) is 0 Å². The van der Waals surface area contributed by atoms with E-state index in [2.05, 4.69) is 7.74 Å². The maximum absolute atomic E-state index is 11.2. The van der Waals surface area contributed by atoms with Crippen molar-refractivity contribution in [3.63, 3.8) is 0 Å². The number of benzene rings is 4. The van der Waals surface area contributed by atoms with Gasteiger partial charge in [-0.3, -0.25) is 0 Å². The second-order valence-corrected chi connectivity index (χ2v) is 7.45. The highest BCUT2D eigenvalue weighted by molar-refractivity contribution is 6.75. The van der Waals surface area contributed by atoms with Crippen molar-refractivity contribution >= 4 is 33.3 Å². The topological polar surface area (TPSA) is 112 Å². The monoisotopic (exact) mass is 463 g/mol. The fourth-order valence-corrected chi connectivity index (χ4v) is 3.54. The largest absolute Gasteiger partial charge is 0.478 e. The summed E-state index contributed by atoms with van der Waals surface area (Å²) in [5, 5.41) is 27.5. The first-order chi connectivity index (χ1) is 17.2. The zero-order chi connectivity index (χ0) is 26.2. The van der Waals surface area contributed by atoms with E-state index in [0.29, 0.717) is 0 Å². The highest BCUT2D eigenvalue weighted by atomic mass is 16.4. The summed E-state index contributed by atoms with van der Waals surface area (Å²) >= 11 is 0. The molecule has 0 aliphatic rings. The van der Waals surface area contributed by atoms with Gasteiger partial charge in [0.1, 0.15) is 0 Å². The second kappa shape index (κ2) is 11.0. The number of carbonyl (C=O) groups is 3. The molecular weight excluding hydrogens is 442 g/mol. The van der Waals surface area contributed by atoms with Gasteiger partial charge >= 0.3 is 17.9 Å². The van der Waals surface area contributed by atoms with Gasteiger partial charge in [-0.05, 0) is 89.3 Å². The lowest BCUT2D eigenvalue weighted by molar-refractivity contribution is 0.0686. The van der Waals surface area contributed by atoms with Gasteiger partial charge in [-0.15, -0.1) is 0 Å². The Morgan fingerprint density at radius 2 is 0.714 bits per heavy atom. The fraction of sp³-hybridized carbons (Fsp3) is 0. The number of hydrogen-bond donors (Lipinski definition) is 3. The Morgan fingerprint density at radius 3 is 0.886 bits per heavy atom. The van der Waals surface area contributed by atoms with Gasteiger partial charge in [0.25, 0.3) is 0 Å². The molecule has 3 N–H and O–H groups in total. The van der Waals surface area contributed by atoms with Gasteiger partial charge in [-0.25, -0.2) is 14.4 Å². The normalized spacial score (nSPS) is 10.3. The molecule has 0 aliphatic carbocycles. The lowest BCUT2D eigenvalue weighted by Gasteiger charge is -2.12. The Bertz CT molecular complexity index is 1200. The number of carboxylic acid groups (broad SMARTS) is 3. The molecule has 4 aromatic carbocycles. The second-order valence-electron chi connectivity index (χ2n) is 7.45. The summed E-state index contributed by atoms with van der Waals surface area (Å²) in [6.07, 6.45) is 0. The molecule has 0 atom stereocenters. The molecule has 0 amide bonds. The van der Waals surface area contributed by atoms with E-state index in [1.807, 2.05) is 18.2 Å². The van der Waals surface area contributed by atoms with E-state index in [1.54, 1.807) is 36.4 Å². The predicted molar refractivity (Wildman–Crippen MR) is 137 cm³/mol. The van der Waals surface area contributed by atoms with Crippen molar-refractivity contribution in [1.29, 1.82) is 1.34 Å². The third-order valence-electron chi connectivity index (χ3n) is 5.33. The smallest absolute Gasteiger partial charge is 0.335 e. The molecule has 0 heterocycles. The average molecular weight is 463 g/mol. The van der Waals surface area contributed by atoms with Crippen molar-refractivity contribution < 1.29 is 29.7 Å². The molecule has 4 rings (SSSR count). The lowest BCUT2D eigenvalue weighted by atomic mass is 9.81. The van der Waals surface area contributed by atoms with E-state index >= 15 is 0 Å². The highest BCUT2D eigenvalue weighted by Crippen LogP contribution is 2.33. The van der Waals surface area contributed by atoms with Gasteiger partial charge < -0.3 is 15.3 Å². The number of rotatable bonds is 6. The van der Waals surface area contributed by atoms with Crippen molar-refractivity contribution in [3.8, 4) is 33.4 Å². The summed E-state index contributed by atoms with van der Waals surface area (Å²) in [4.78, 5) is 33.6. The van der Waals surface area contributed by atoms with Crippen LogP contribution in [0, 0.1) is 0 Å². The minimum atomic E-state index is -1.01. The van der Waals surface area contributed by atoms with Crippen LogP contribution < -0.4 is 0 Å². The first-order valence-electron chi connectivity index (χ1n) is 10.9. The van der Waals surface area contributed by atoms with Crippen LogP contribution in [0.15, 0.2) is 91.0 Å². The molecule has 8 heteroatoms. The molecule has 0 spiro atoms. The first kappa shape index (κ1) is 23.6. The summed E-state index contributed by atoms with van der Waals surface area (Å²) in [6, 6.07) is 25.4. The van der Waals surface area contributed by atoms with E-state index in [0.717, 1.165) is 41.1 Å². The van der Waals surface area contributed by atoms with Crippen molar-refractivity contribution in [3.05, 3.63) is 108 Å². The molecule has 4 aromatic rings. The maximum atomic E-state index is 11.2.